The van der Waals surface area contributed by atoms with Crippen molar-refractivity contribution in [3.63, 3.8) is 0 Å². The van der Waals surface area contributed by atoms with Crippen molar-refractivity contribution in [1.82, 2.24) is 10.9 Å². The van der Waals surface area contributed by atoms with Crippen molar-refractivity contribution in [2.45, 2.75) is 0 Å². The largest absolute Gasteiger partial charge is 0.484 e. The standard InChI is InChI=1S/C13H11BrN2O4/c14-9-3-1-4-10(7-9)20-8-12(17)15-16-13(18)11-5-2-6-19-11/h1-7H,8H2,(H,15,17)(H,16,18). The number of rotatable bonds is 4. The van der Waals surface area contributed by atoms with Gasteiger partial charge in [-0.1, -0.05) is 22.0 Å². The first-order chi connectivity index (χ1) is 9.65. The number of furan rings is 1. The van der Waals surface area contributed by atoms with E-state index in [2.05, 4.69) is 26.8 Å². The van der Waals surface area contributed by atoms with Gasteiger partial charge in [0.1, 0.15) is 5.75 Å². The molecule has 0 saturated carbocycles. The molecule has 2 N–H and O–H groups in total. The van der Waals surface area contributed by atoms with E-state index in [0.29, 0.717) is 5.75 Å². The van der Waals surface area contributed by atoms with Crippen LogP contribution in [0.25, 0.3) is 0 Å². The molecule has 20 heavy (non-hydrogen) atoms. The average molecular weight is 339 g/mol. The Labute approximate surface area is 123 Å². The van der Waals surface area contributed by atoms with Crippen LogP contribution in [0.2, 0.25) is 0 Å². The van der Waals surface area contributed by atoms with Gasteiger partial charge in [0.25, 0.3) is 5.91 Å². The van der Waals surface area contributed by atoms with Gasteiger partial charge in [-0.15, -0.1) is 0 Å². The SMILES string of the molecule is O=C(COc1cccc(Br)c1)NNC(=O)c1ccco1. The molecule has 2 rings (SSSR count). The van der Waals surface area contributed by atoms with Crippen molar-refractivity contribution < 1.29 is 18.7 Å². The van der Waals surface area contributed by atoms with Gasteiger partial charge in [0.2, 0.25) is 0 Å². The highest BCUT2D eigenvalue weighted by atomic mass is 79.9. The maximum atomic E-state index is 11.5. The smallest absolute Gasteiger partial charge is 0.305 e. The molecule has 0 atom stereocenters. The minimum atomic E-state index is -0.536. The Bertz CT molecular complexity index is 598. The third-order valence-electron chi connectivity index (χ3n) is 2.23. The van der Waals surface area contributed by atoms with E-state index in [-0.39, 0.29) is 12.4 Å². The summed E-state index contributed by atoms with van der Waals surface area (Å²) in [5.74, 6) is -0.360. The lowest BCUT2D eigenvalue weighted by atomic mass is 10.3. The number of hydrogen-bond acceptors (Lipinski definition) is 4. The van der Waals surface area contributed by atoms with Crippen molar-refractivity contribution in [3.05, 3.63) is 52.9 Å². The van der Waals surface area contributed by atoms with E-state index in [1.165, 1.54) is 12.3 Å². The molecule has 104 valence electrons. The Morgan fingerprint density at radius 3 is 2.75 bits per heavy atom. The molecule has 0 unspecified atom stereocenters. The Morgan fingerprint density at radius 1 is 1.20 bits per heavy atom. The molecule has 0 aliphatic rings. The lowest BCUT2D eigenvalue weighted by molar-refractivity contribution is -0.123. The minimum Gasteiger partial charge on any atom is -0.484 e. The first-order valence-electron chi connectivity index (χ1n) is 5.66. The molecule has 7 heteroatoms. The highest BCUT2D eigenvalue weighted by molar-refractivity contribution is 9.10. The maximum absolute atomic E-state index is 11.5. The molecule has 0 spiro atoms. The van der Waals surface area contributed by atoms with Gasteiger partial charge in [0, 0.05) is 4.47 Å². The van der Waals surface area contributed by atoms with Crippen molar-refractivity contribution >= 4 is 27.7 Å². The normalized spacial score (nSPS) is 9.85. The van der Waals surface area contributed by atoms with E-state index in [4.69, 9.17) is 9.15 Å². The molecule has 6 nitrogen and oxygen atoms in total. The lowest BCUT2D eigenvalue weighted by Crippen LogP contribution is -2.43. The Balaban J connectivity index is 1.74. The first kappa shape index (κ1) is 14.1. The van der Waals surface area contributed by atoms with E-state index in [9.17, 15) is 9.59 Å². The highest BCUT2D eigenvalue weighted by Crippen LogP contribution is 2.17. The number of hydrogen-bond donors (Lipinski definition) is 2. The maximum Gasteiger partial charge on any atom is 0.305 e. The number of carbonyl (C=O) groups is 2. The van der Waals surface area contributed by atoms with Crippen LogP contribution in [0.3, 0.4) is 0 Å². The van der Waals surface area contributed by atoms with Crippen molar-refractivity contribution in [2.24, 2.45) is 0 Å². The Morgan fingerprint density at radius 2 is 2.05 bits per heavy atom. The fourth-order valence-electron chi connectivity index (χ4n) is 1.34. The summed E-state index contributed by atoms with van der Waals surface area (Å²) in [6.07, 6.45) is 1.37. The van der Waals surface area contributed by atoms with Crippen LogP contribution < -0.4 is 15.6 Å². The number of halogens is 1. The fourth-order valence-corrected chi connectivity index (χ4v) is 1.72. The highest BCUT2D eigenvalue weighted by Gasteiger charge is 2.09. The van der Waals surface area contributed by atoms with Gasteiger partial charge in [-0.05, 0) is 30.3 Å². The van der Waals surface area contributed by atoms with Gasteiger partial charge in [-0.25, -0.2) is 0 Å². The predicted molar refractivity (Wildman–Crippen MR) is 74.0 cm³/mol. The summed E-state index contributed by atoms with van der Waals surface area (Å²) in [6, 6.07) is 10.1. The number of ether oxygens (including phenoxy) is 1. The van der Waals surface area contributed by atoms with E-state index in [1.807, 2.05) is 6.07 Å². The van der Waals surface area contributed by atoms with Gasteiger partial charge in [-0.2, -0.15) is 0 Å². The zero-order chi connectivity index (χ0) is 14.4. The molecule has 0 radical (unpaired) electrons. The number of amides is 2. The average Bonchev–Trinajstić information content (AvgIpc) is 2.97. The molecular weight excluding hydrogens is 328 g/mol. The zero-order valence-corrected chi connectivity index (χ0v) is 11.8. The second-order valence-electron chi connectivity index (χ2n) is 3.73. The first-order valence-corrected chi connectivity index (χ1v) is 6.45. The van der Waals surface area contributed by atoms with Gasteiger partial charge in [-0.3, -0.25) is 20.4 Å². The monoisotopic (exact) mass is 338 g/mol. The summed E-state index contributed by atoms with van der Waals surface area (Å²) in [6.45, 7) is -0.213. The third kappa shape index (κ3) is 4.13. The van der Waals surface area contributed by atoms with Crippen LogP contribution in [0.1, 0.15) is 10.6 Å². The molecule has 2 aromatic rings. The molecular formula is C13H11BrN2O4. The molecule has 0 aliphatic carbocycles. The van der Waals surface area contributed by atoms with Crippen molar-refractivity contribution in [1.29, 1.82) is 0 Å². The van der Waals surface area contributed by atoms with Gasteiger partial charge in [0.15, 0.2) is 12.4 Å². The van der Waals surface area contributed by atoms with E-state index in [0.717, 1.165) is 4.47 Å². The van der Waals surface area contributed by atoms with Crippen molar-refractivity contribution in [2.75, 3.05) is 6.61 Å². The van der Waals surface area contributed by atoms with E-state index in [1.54, 1.807) is 24.3 Å². The Hall–Kier alpha value is -2.28. The van der Waals surface area contributed by atoms with Crippen LogP contribution in [0.4, 0.5) is 0 Å². The van der Waals surface area contributed by atoms with Gasteiger partial charge < -0.3 is 9.15 Å². The molecule has 0 bridgehead atoms. The fraction of sp³-hybridized carbons (Fsp3) is 0.0769. The van der Waals surface area contributed by atoms with Crippen LogP contribution in [-0.4, -0.2) is 18.4 Å². The molecule has 0 fully saturated rings. The zero-order valence-electron chi connectivity index (χ0n) is 10.3. The lowest BCUT2D eigenvalue weighted by Gasteiger charge is -2.08. The summed E-state index contributed by atoms with van der Waals surface area (Å²) < 4.78 is 11.0. The minimum absolute atomic E-state index is 0.109. The molecule has 1 heterocycles. The second-order valence-corrected chi connectivity index (χ2v) is 4.64. The number of nitrogens with one attached hydrogen (secondary N) is 2. The Kier molecular flexibility index (Phi) is 4.78. The summed E-state index contributed by atoms with van der Waals surface area (Å²) >= 11 is 3.29. The van der Waals surface area contributed by atoms with Crippen LogP contribution in [0, 0.1) is 0 Å². The summed E-state index contributed by atoms with van der Waals surface area (Å²) in [4.78, 5) is 22.9. The predicted octanol–water partition coefficient (Wildman–Crippen LogP) is 1.88. The molecule has 2 amide bonds. The van der Waals surface area contributed by atoms with E-state index >= 15 is 0 Å². The molecule has 1 aromatic heterocycles. The molecule has 0 saturated heterocycles. The van der Waals surface area contributed by atoms with Gasteiger partial charge in [0.05, 0.1) is 6.26 Å². The molecule has 0 aliphatic heterocycles. The summed E-state index contributed by atoms with van der Waals surface area (Å²) in [5, 5.41) is 0. The molecule has 1 aromatic carbocycles. The van der Waals surface area contributed by atoms with Crippen LogP contribution in [0.5, 0.6) is 5.75 Å². The second kappa shape index (κ2) is 6.76. The topological polar surface area (TPSA) is 80.6 Å². The third-order valence-corrected chi connectivity index (χ3v) is 2.72. The van der Waals surface area contributed by atoms with Crippen LogP contribution in [-0.2, 0) is 4.79 Å². The summed E-state index contributed by atoms with van der Waals surface area (Å²) in [5.41, 5.74) is 4.43. The summed E-state index contributed by atoms with van der Waals surface area (Å²) in [7, 11) is 0. The number of hydrazine groups is 1. The van der Waals surface area contributed by atoms with Crippen LogP contribution >= 0.6 is 15.9 Å². The number of benzene rings is 1. The number of carbonyl (C=O) groups excluding carboxylic acids is 2. The van der Waals surface area contributed by atoms with Crippen LogP contribution in [0.15, 0.2) is 51.6 Å². The van der Waals surface area contributed by atoms with E-state index < -0.39 is 11.8 Å². The quantitative estimate of drug-likeness (QED) is 0.834. The van der Waals surface area contributed by atoms with Gasteiger partial charge >= 0.3 is 5.91 Å². The van der Waals surface area contributed by atoms with Crippen molar-refractivity contribution in [3.8, 4) is 5.75 Å².